The predicted octanol–water partition coefficient (Wildman–Crippen LogP) is 0.322. The van der Waals surface area contributed by atoms with Gasteiger partial charge in [-0.3, -0.25) is 0 Å². The van der Waals surface area contributed by atoms with Crippen molar-refractivity contribution in [2.75, 3.05) is 19.6 Å². The highest BCUT2D eigenvalue weighted by Gasteiger charge is 2.20. The molecule has 14 heavy (non-hydrogen) atoms. The lowest BCUT2D eigenvalue weighted by atomic mass is 10.2. The van der Waals surface area contributed by atoms with E-state index in [9.17, 15) is 8.42 Å². The molecule has 0 aliphatic rings. The Morgan fingerprint density at radius 3 is 2.43 bits per heavy atom. The Labute approximate surface area is 85.9 Å². The van der Waals surface area contributed by atoms with Gasteiger partial charge in [0.1, 0.15) is 0 Å². The normalized spacial score (nSPS) is 13.9. The van der Waals surface area contributed by atoms with Crippen molar-refractivity contribution < 1.29 is 8.42 Å². The van der Waals surface area contributed by atoms with Crippen molar-refractivity contribution in [1.29, 1.82) is 5.26 Å². The topological polar surface area (TPSA) is 73.2 Å². The Hall–Kier alpha value is -0.640. The highest BCUT2D eigenvalue weighted by molar-refractivity contribution is 7.87. The van der Waals surface area contributed by atoms with Gasteiger partial charge in [0.25, 0.3) is 10.2 Å². The highest BCUT2D eigenvalue weighted by atomic mass is 32.2. The van der Waals surface area contributed by atoms with Gasteiger partial charge >= 0.3 is 0 Å². The molecule has 0 heterocycles. The minimum atomic E-state index is -3.40. The first-order valence-electron chi connectivity index (χ1n) is 4.62. The van der Waals surface area contributed by atoms with Gasteiger partial charge in [0, 0.05) is 19.6 Å². The Balaban J connectivity index is 4.50. The third-order valence-corrected chi connectivity index (χ3v) is 3.46. The summed E-state index contributed by atoms with van der Waals surface area (Å²) in [6, 6.07) is 2.01. The van der Waals surface area contributed by atoms with E-state index in [2.05, 4.69) is 4.72 Å². The molecule has 0 bridgehead atoms. The van der Waals surface area contributed by atoms with Crippen LogP contribution in [0.4, 0.5) is 0 Å². The second-order valence-corrected chi connectivity index (χ2v) is 4.74. The van der Waals surface area contributed by atoms with Gasteiger partial charge in [0.05, 0.1) is 12.0 Å². The maximum absolute atomic E-state index is 11.5. The summed E-state index contributed by atoms with van der Waals surface area (Å²) < 4.78 is 26.7. The Bertz CT molecular complexity index is 294. The highest BCUT2D eigenvalue weighted by Crippen LogP contribution is 2.03. The smallest absolute Gasteiger partial charge is 0.202 e. The standard InChI is InChI=1S/C8H17N3O2S/c1-4-10-14(12,13)11(5-2)7-8(3)6-9/h8,10H,4-5,7H2,1-3H3. The van der Waals surface area contributed by atoms with Crippen molar-refractivity contribution in [3.8, 4) is 6.07 Å². The molecular weight excluding hydrogens is 202 g/mol. The van der Waals surface area contributed by atoms with E-state index in [1.165, 1.54) is 4.31 Å². The second kappa shape index (κ2) is 5.96. The van der Waals surface area contributed by atoms with Gasteiger partial charge in [0.15, 0.2) is 0 Å². The van der Waals surface area contributed by atoms with Gasteiger partial charge in [-0.05, 0) is 6.92 Å². The minimum Gasteiger partial charge on any atom is -0.202 e. The van der Waals surface area contributed by atoms with Crippen LogP contribution in [0.15, 0.2) is 0 Å². The molecular formula is C8H17N3O2S. The molecule has 0 aromatic carbocycles. The first-order valence-corrected chi connectivity index (χ1v) is 6.06. The average Bonchev–Trinajstić information content (AvgIpc) is 2.13. The molecule has 1 N–H and O–H groups in total. The molecule has 5 nitrogen and oxygen atoms in total. The van der Waals surface area contributed by atoms with Crippen LogP contribution in [-0.4, -0.2) is 32.4 Å². The fourth-order valence-corrected chi connectivity index (χ4v) is 2.32. The zero-order valence-corrected chi connectivity index (χ0v) is 9.63. The number of rotatable bonds is 6. The van der Waals surface area contributed by atoms with Crippen LogP contribution in [0, 0.1) is 17.2 Å². The first-order chi connectivity index (χ1) is 6.47. The van der Waals surface area contributed by atoms with Crippen LogP contribution >= 0.6 is 0 Å². The van der Waals surface area contributed by atoms with Crippen LogP contribution in [0.1, 0.15) is 20.8 Å². The Morgan fingerprint density at radius 2 is 2.07 bits per heavy atom. The molecule has 0 amide bonds. The van der Waals surface area contributed by atoms with Gasteiger partial charge in [-0.25, -0.2) is 4.72 Å². The molecule has 0 aromatic heterocycles. The van der Waals surface area contributed by atoms with Gasteiger partial charge in [-0.1, -0.05) is 13.8 Å². The van der Waals surface area contributed by atoms with Crippen LogP contribution < -0.4 is 4.72 Å². The number of hydrogen-bond acceptors (Lipinski definition) is 3. The minimum absolute atomic E-state index is 0.238. The molecule has 0 aliphatic heterocycles. The lowest BCUT2D eigenvalue weighted by Gasteiger charge is -2.21. The van der Waals surface area contributed by atoms with Crippen molar-refractivity contribution >= 4 is 10.2 Å². The van der Waals surface area contributed by atoms with E-state index in [1.807, 2.05) is 6.07 Å². The van der Waals surface area contributed by atoms with Crippen LogP contribution in [0.3, 0.4) is 0 Å². The molecule has 0 radical (unpaired) electrons. The summed E-state index contributed by atoms with van der Waals surface area (Å²) in [6.45, 7) is 6.14. The van der Waals surface area contributed by atoms with E-state index in [-0.39, 0.29) is 12.5 Å². The molecule has 6 heteroatoms. The summed E-state index contributed by atoms with van der Waals surface area (Å²) in [5.41, 5.74) is 0. The van der Waals surface area contributed by atoms with Crippen molar-refractivity contribution in [2.45, 2.75) is 20.8 Å². The largest absolute Gasteiger partial charge is 0.279 e. The van der Waals surface area contributed by atoms with E-state index in [0.717, 1.165) is 0 Å². The summed E-state index contributed by atoms with van der Waals surface area (Å²) in [7, 11) is -3.40. The maximum Gasteiger partial charge on any atom is 0.279 e. The molecule has 1 unspecified atom stereocenters. The lowest BCUT2D eigenvalue weighted by molar-refractivity contribution is 0.393. The van der Waals surface area contributed by atoms with E-state index in [1.54, 1.807) is 20.8 Å². The molecule has 82 valence electrons. The quantitative estimate of drug-likeness (QED) is 0.699. The van der Waals surface area contributed by atoms with Crippen LogP contribution in [0.2, 0.25) is 0 Å². The molecule has 0 spiro atoms. The van der Waals surface area contributed by atoms with Gasteiger partial charge in [-0.15, -0.1) is 0 Å². The number of nitrogens with one attached hydrogen (secondary N) is 1. The summed E-state index contributed by atoms with van der Waals surface area (Å²) >= 11 is 0. The van der Waals surface area contributed by atoms with Crippen LogP contribution in [0.25, 0.3) is 0 Å². The average molecular weight is 219 g/mol. The zero-order chi connectivity index (χ0) is 11.2. The summed E-state index contributed by atoms with van der Waals surface area (Å²) in [5, 5.41) is 8.58. The van der Waals surface area contributed by atoms with Crippen LogP contribution in [-0.2, 0) is 10.2 Å². The third kappa shape index (κ3) is 4.05. The van der Waals surface area contributed by atoms with Gasteiger partial charge in [-0.2, -0.15) is 18.0 Å². The van der Waals surface area contributed by atoms with Crippen molar-refractivity contribution in [2.24, 2.45) is 5.92 Å². The number of nitrogens with zero attached hydrogens (tertiary/aromatic N) is 2. The second-order valence-electron chi connectivity index (χ2n) is 2.98. The number of hydrogen-bond donors (Lipinski definition) is 1. The summed E-state index contributed by atoms with van der Waals surface area (Å²) in [4.78, 5) is 0. The summed E-state index contributed by atoms with van der Waals surface area (Å²) in [5.74, 6) is -0.289. The van der Waals surface area contributed by atoms with E-state index in [4.69, 9.17) is 5.26 Å². The molecule has 0 rings (SSSR count). The molecule has 0 aliphatic carbocycles. The van der Waals surface area contributed by atoms with Crippen molar-refractivity contribution in [3.63, 3.8) is 0 Å². The molecule has 1 atom stereocenters. The fourth-order valence-electron chi connectivity index (χ4n) is 1.02. The first kappa shape index (κ1) is 13.4. The summed E-state index contributed by atoms with van der Waals surface area (Å²) in [6.07, 6.45) is 0. The van der Waals surface area contributed by atoms with Gasteiger partial charge in [0.2, 0.25) is 0 Å². The predicted molar refractivity (Wildman–Crippen MR) is 54.6 cm³/mol. The van der Waals surface area contributed by atoms with E-state index < -0.39 is 10.2 Å². The molecule has 0 saturated carbocycles. The van der Waals surface area contributed by atoms with Crippen molar-refractivity contribution in [1.82, 2.24) is 9.03 Å². The Kier molecular flexibility index (Phi) is 5.69. The third-order valence-electron chi connectivity index (χ3n) is 1.72. The molecule has 0 aromatic rings. The number of nitriles is 1. The van der Waals surface area contributed by atoms with E-state index >= 15 is 0 Å². The lowest BCUT2D eigenvalue weighted by Crippen LogP contribution is -2.42. The molecule has 0 fully saturated rings. The Morgan fingerprint density at radius 1 is 1.50 bits per heavy atom. The van der Waals surface area contributed by atoms with E-state index in [0.29, 0.717) is 13.1 Å². The molecule has 0 saturated heterocycles. The fraction of sp³-hybridized carbons (Fsp3) is 0.875. The SMILES string of the molecule is CCNS(=O)(=O)N(CC)CC(C)C#N. The van der Waals surface area contributed by atoms with Gasteiger partial charge < -0.3 is 0 Å². The monoisotopic (exact) mass is 219 g/mol. The van der Waals surface area contributed by atoms with Crippen molar-refractivity contribution in [3.05, 3.63) is 0 Å². The zero-order valence-electron chi connectivity index (χ0n) is 8.82. The maximum atomic E-state index is 11.5. The van der Waals surface area contributed by atoms with Crippen LogP contribution in [0.5, 0.6) is 0 Å².